The van der Waals surface area contributed by atoms with Crippen LogP contribution in [0.1, 0.15) is 11.3 Å². The molecular weight excluding hydrogens is 145 g/mol. The topological polar surface area (TPSA) is 54.7 Å². The Balaban J connectivity index is 2.95. The van der Waals surface area contributed by atoms with E-state index in [1.54, 1.807) is 12.3 Å². The van der Waals surface area contributed by atoms with Crippen molar-refractivity contribution in [3.63, 3.8) is 0 Å². The van der Waals surface area contributed by atoms with Gasteiger partial charge in [0.05, 0.1) is 18.2 Å². The van der Waals surface area contributed by atoms with Crippen molar-refractivity contribution in [2.24, 2.45) is 5.73 Å². The van der Waals surface area contributed by atoms with Crippen molar-refractivity contribution in [3.8, 4) is 0 Å². The number of nitrogens with zero attached hydrogens (tertiary/aromatic N) is 1. The van der Waals surface area contributed by atoms with E-state index in [4.69, 9.17) is 5.73 Å². The maximum atomic E-state index is 11.7. The monoisotopic (exact) mass is 153 g/mol. The molecule has 0 bridgehead atoms. The van der Waals surface area contributed by atoms with Gasteiger partial charge in [0.25, 0.3) is 0 Å². The van der Waals surface area contributed by atoms with Crippen molar-refractivity contribution < 1.29 is 4.39 Å². The van der Waals surface area contributed by atoms with Crippen molar-refractivity contribution in [2.45, 2.75) is 0 Å². The first-order valence-corrected chi connectivity index (χ1v) is 3.07. The van der Waals surface area contributed by atoms with Gasteiger partial charge in [0.1, 0.15) is 0 Å². The molecule has 0 fully saturated rings. The second-order valence-electron chi connectivity index (χ2n) is 1.89. The molecule has 3 nitrogen and oxygen atoms in total. The lowest BCUT2D eigenvalue weighted by molar-refractivity contribution is 0.727. The quantitative estimate of drug-likeness (QED) is 0.672. The van der Waals surface area contributed by atoms with Gasteiger partial charge < -0.3 is 5.73 Å². The van der Waals surface area contributed by atoms with Gasteiger partial charge in [0.15, 0.2) is 0 Å². The average Bonchev–Trinajstić information content (AvgIpc) is 2.39. The fraction of sp³-hybridized carbons (Fsp3) is 0. The summed E-state index contributed by atoms with van der Waals surface area (Å²) in [6, 6.07) is 0. The highest BCUT2D eigenvalue weighted by Gasteiger charge is 1.95. The van der Waals surface area contributed by atoms with Crippen LogP contribution in [-0.4, -0.2) is 10.2 Å². The number of hydrogen-bond acceptors (Lipinski definition) is 2. The molecule has 3 N–H and O–H groups in total. The minimum Gasteiger partial charge on any atom is -0.405 e. The molecule has 0 aliphatic heterocycles. The molecule has 0 saturated carbocycles. The number of halogens is 1. The summed E-state index contributed by atoms with van der Waals surface area (Å²) in [5.41, 5.74) is 6.52. The van der Waals surface area contributed by atoms with Crippen molar-refractivity contribution in [2.75, 3.05) is 0 Å². The third-order valence-corrected chi connectivity index (χ3v) is 1.21. The van der Waals surface area contributed by atoms with Crippen molar-refractivity contribution in [1.82, 2.24) is 10.2 Å². The highest BCUT2D eigenvalue weighted by atomic mass is 19.1. The summed E-state index contributed by atoms with van der Waals surface area (Å²) < 4.78 is 11.7. The average molecular weight is 153 g/mol. The Morgan fingerprint density at radius 1 is 1.55 bits per heavy atom. The first-order valence-electron chi connectivity index (χ1n) is 3.07. The summed E-state index contributed by atoms with van der Waals surface area (Å²) in [6.45, 7) is 0. The van der Waals surface area contributed by atoms with E-state index in [-0.39, 0.29) is 0 Å². The van der Waals surface area contributed by atoms with Gasteiger partial charge in [0, 0.05) is 5.56 Å². The van der Waals surface area contributed by atoms with Gasteiger partial charge in [-0.05, 0) is 18.4 Å². The number of aromatic nitrogens is 2. The molecule has 58 valence electrons. The van der Waals surface area contributed by atoms with Crippen LogP contribution < -0.4 is 5.73 Å². The third kappa shape index (κ3) is 1.67. The molecule has 0 atom stereocenters. The van der Waals surface area contributed by atoms with Gasteiger partial charge in [-0.3, -0.25) is 5.10 Å². The van der Waals surface area contributed by atoms with Crippen LogP contribution in [0.4, 0.5) is 4.39 Å². The molecule has 0 spiro atoms. The van der Waals surface area contributed by atoms with Gasteiger partial charge in [-0.15, -0.1) is 0 Å². The molecule has 0 radical (unpaired) electrons. The number of H-pyrrole nitrogens is 1. The highest BCUT2D eigenvalue weighted by Crippen LogP contribution is 2.07. The molecule has 1 heterocycles. The number of hydrogen-bond donors (Lipinski definition) is 2. The zero-order chi connectivity index (χ0) is 8.10. The van der Waals surface area contributed by atoms with Crippen LogP contribution in [0, 0.1) is 0 Å². The summed E-state index contributed by atoms with van der Waals surface area (Å²) >= 11 is 0. The van der Waals surface area contributed by atoms with E-state index in [0.29, 0.717) is 12.0 Å². The Hall–Kier alpha value is -1.58. The summed E-state index contributed by atoms with van der Waals surface area (Å²) in [5.74, 6) is 0. The Morgan fingerprint density at radius 2 is 2.36 bits per heavy atom. The largest absolute Gasteiger partial charge is 0.405 e. The number of nitrogens with one attached hydrogen (secondary N) is 1. The van der Waals surface area contributed by atoms with E-state index in [1.165, 1.54) is 12.3 Å². The summed E-state index contributed by atoms with van der Waals surface area (Å²) in [7, 11) is 0. The summed E-state index contributed by atoms with van der Waals surface area (Å²) in [6.07, 6.45) is 6.31. The normalized spacial score (nSPS) is 11.7. The Morgan fingerprint density at radius 3 is 3.00 bits per heavy atom. The maximum Gasteiger partial charge on any atom is 0.0888 e. The molecule has 0 saturated heterocycles. The van der Waals surface area contributed by atoms with Crippen LogP contribution in [-0.2, 0) is 0 Å². The van der Waals surface area contributed by atoms with Crippen LogP contribution in [0.15, 0.2) is 18.7 Å². The minimum absolute atomic E-state index is 0.446. The predicted octanol–water partition coefficient (Wildman–Crippen LogP) is 1.28. The van der Waals surface area contributed by atoms with E-state index in [9.17, 15) is 4.39 Å². The molecule has 0 unspecified atom stereocenters. The molecule has 4 heteroatoms. The smallest absolute Gasteiger partial charge is 0.0888 e. The number of nitrogens with two attached hydrogens (primary N) is 1. The third-order valence-electron chi connectivity index (χ3n) is 1.21. The molecule has 0 aliphatic carbocycles. The van der Waals surface area contributed by atoms with Crippen molar-refractivity contribution in [3.05, 3.63) is 30.0 Å². The molecule has 11 heavy (non-hydrogen) atoms. The molecule has 1 aromatic heterocycles. The minimum atomic E-state index is 0.446. The lowest BCUT2D eigenvalue weighted by atomic mass is 10.2. The Labute approximate surface area is 63.4 Å². The highest BCUT2D eigenvalue weighted by molar-refractivity contribution is 5.60. The van der Waals surface area contributed by atoms with Crippen LogP contribution in [0.25, 0.3) is 12.2 Å². The van der Waals surface area contributed by atoms with Crippen LogP contribution in [0.5, 0.6) is 0 Å². The maximum absolute atomic E-state index is 11.7. The van der Waals surface area contributed by atoms with E-state index in [1.807, 2.05) is 0 Å². The van der Waals surface area contributed by atoms with Gasteiger partial charge in [0.2, 0.25) is 0 Å². The fourth-order valence-corrected chi connectivity index (χ4v) is 0.738. The van der Waals surface area contributed by atoms with E-state index < -0.39 is 0 Å². The second kappa shape index (κ2) is 3.55. The Bertz CT molecular complexity index is 248. The van der Waals surface area contributed by atoms with E-state index in [2.05, 4.69) is 10.2 Å². The van der Waals surface area contributed by atoms with Gasteiger partial charge in [-0.2, -0.15) is 5.10 Å². The second-order valence-corrected chi connectivity index (χ2v) is 1.89. The number of aromatic amines is 1. The van der Waals surface area contributed by atoms with E-state index >= 15 is 0 Å². The van der Waals surface area contributed by atoms with Crippen LogP contribution >= 0.6 is 0 Å². The molecular formula is C7H8FN3. The zero-order valence-corrected chi connectivity index (χ0v) is 5.79. The molecule has 1 aromatic rings. The van der Waals surface area contributed by atoms with Gasteiger partial charge in [-0.1, -0.05) is 0 Å². The van der Waals surface area contributed by atoms with Gasteiger partial charge >= 0.3 is 0 Å². The zero-order valence-electron chi connectivity index (χ0n) is 5.79. The lowest BCUT2D eigenvalue weighted by Gasteiger charge is -1.86. The molecule has 0 aromatic carbocycles. The van der Waals surface area contributed by atoms with Crippen LogP contribution in [0.3, 0.4) is 0 Å². The lowest BCUT2D eigenvalue weighted by Crippen LogP contribution is -1.78. The van der Waals surface area contributed by atoms with Gasteiger partial charge in [-0.25, -0.2) is 4.39 Å². The predicted molar refractivity (Wildman–Crippen MR) is 42.0 cm³/mol. The SMILES string of the molecule is N/C=C/c1cn[nH]c1/C=C/F. The fourth-order valence-electron chi connectivity index (χ4n) is 0.738. The van der Waals surface area contributed by atoms with Crippen LogP contribution in [0.2, 0.25) is 0 Å². The molecule has 0 aliphatic rings. The number of rotatable bonds is 2. The standard InChI is InChI=1S/C7H8FN3/c8-3-1-7-6(2-4-9)5-10-11-7/h1-5H,9H2,(H,10,11)/b3-1+,4-2+. The first kappa shape index (κ1) is 7.53. The molecule has 1 rings (SSSR count). The first-order chi connectivity index (χ1) is 5.38. The van der Waals surface area contributed by atoms with E-state index in [0.717, 1.165) is 5.56 Å². The summed E-state index contributed by atoms with van der Waals surface area (Å²) in [5, 5.41) is 6.32. The van der Waals surface area contributed by atoms with Crippen molar-refractivity contribution in [1.29, 1.82) is 0 Å². The molecule has 0 amide bonds. The van der Waals surface area contributed by atoms with Crippen molar-refractivity contribution >= 4 is 12.2 Å². The summed E-state index contributed by atoms with van der Waals surface area (Å²) in [4.78, 5) is 0. The Kier molecular flexibility index (Phi) is 2.43.